The molecule has 0 saturated heterocycles. The molecule has 0 spiro atoms. The highest BCUT2D eigenvalue weighted by Gasteiger charge is 2.16. The number of hydrogen-bond donors (Lipinski definition) is 1. The maximum Gasteiger partial charge on any atom is 0.251 e. The molecule has 0 bridgehead atoms. The number of benzene rings is 2. The number of sulfonamides is 1. The van der Waals surface area contributed by atoms with Crippen molar-refractivity contribution in [1.82, 2.24) is 5.32 Å². The molecule has 2 aromatic carbocycles. The van der Waals surface area contributed by atoms with Crippen LogP contribution in [-0.4, -0.2) is 33.2 Å². The third-order valence-corrected chi connectivity index (χ3v) is 5.36. The molecule has 0 unspecified atom stereocenters. The predicted molar refractivity (Wildman–Crippen MR) is 111 cm³/mol. The van der Waals surface area contributed by atoms with Gasteiger partial charge in [-0.1, -0.05) is 36.4 Å². The van der Waals surface area contributed by atoms with Crippen molar-refractivity contribution in [2.75, 3.05) is 17.1 Å². The van der Waals surface area contributed by atoms with Crippen LogP contribution in [0.25, 0.3) is 0 Å². The first kappa shape index (κ1) is 20.7. The summed E-state index contributed by atoms with van der Waals surface area (Å²) in [6, 6.07) is 16.7. The molecule has 27 heavy (non-hydrogen) atoms. The van der Waals surface area contributed by atoms with Crippen molar-refractivity contribution >= 4 is 21.6 Å². The lowest BCUT2D eigenvalue weighted by molar-refractivity contribution is 0.0938. The van der Waals surface area contributed by atoms with Crippen LogP contribution in [0.5, 0.6) is 0 Å². The molecule has 0 aliphatic heterocycles. The number of anilines is 1. The highest BCUT2D eigenvalue weighted by atomic mass is 32.2. The van der Waals surface area contributed by atoms with E-state index in [2.05, 4.69) is 24.0 Å². The van der Waals surface area contributed by atoms with Crippen molar-refractivity contribution in [3.8, 4) is 0 Å². The smallest absolute Gasteiger partial charge is 0.251 e. The summed E-state index contributed by atoms with van der Waals surface area (Å²) in [5, 5.41) is 2.98. The highest BCUT2D eigenvalue weighted by Crippen LogP contribution is 2.18. The van der Waals surface area contributed by atoms with Gasteiger partial charge in [0.15, 0.2) is 0 Å². The van der Waals surface area contributed by atoms with Gasteiger partial charge in [-0.25, -0.2) is 8.42 Å². The number of carbonyl (C=O) groups excluding carboxylic acids is 1. The number of carbonyl (C=O) groups is 1. The summed E-state index contributed by atoms with van der Waals surface area (Å²) in [5.41, 5.74) is 2.24. The van der Waals surface area contributed by atoms with E-state index in [4.69, 9.17) is 0 Å². The van der Waals surface area contributed by atoms with E-state index >= 15 is 0 Å². The van der Waals surface area contributed by atoms with Crippen molar-refractivity contribution in [3.05, 3.63) is 78.4 Å². The van der Waals surface area contributed by atoms with Gasteiger partial charge in [0.1, 0.15) is 0 Å². The minimum atomic E-state index is -3.40. The molecule has 144 valence electrons. The molecule has 0 radical (unpaired) electrons. The minimum Gasteiger partial charge on any atom is -0.350 e. The van der Waals surface area contributed by atoms with E-state index in [0.29, 0.717) is 11.3 Å². The van der Waals surface area contributed by atoms with E-state index in [0.717, 1.165) is 19.1 Å². The molecule has 0 aromatic heterocycles. The van der Waals surface area contributed by atoms with Gasteiger partial charge in [0.25, 0.3) is 5.91 Å². The average Bonchev–Trinajstić information content (AvgIpc) is 2.64. The number of aryl methyl sites for hydroxylation is 1. The van der Waals surface area contributed by atoms with Crippen LogP contribution in [-0.2, 0) is 16.4 Å². The average molecular weight is 387 g/mol. The topological polar surface area (TPSA) is 66.5 Å². The fraction of sp³-hybridized carbons (Fsp3) is 0.286. The van der Waals surface area contributed by atoms with Crippen molar-refractivity contribution in [1.29, 1.82) is 0 Å². The van der Waals surface area contributed by atoms with E-state index in [9.17, 15) is 13.2 Å². The second-order valence-corrected chi connectivity index (χ2v) is 8.44. The third kappa shape index (κ3) is 6.25. The Morgan fingerprint density at radius 2 is 1.78 bits per heavy atom. The molecule has 5 nitrogen and oxygen atoms in total. The molecular weight excluding hydrogens is 360 g/mol. The number of rotatable bonds is 9. The van der Waals surface area contributed by atoms with Gasteiger partial charge in [-0.3, -0.25) is 9.10 Å². The molecule has 1 atom stereocenters. The largest absolute Gasteiger partial charge is 0.350 e. The molecule has 2 aromatic rings. The molecule has 0 heterocycles. The Hall–Kier alpha value is -2.60. The van der Waals surface area contributed by atoms with Gasteiger partial charge in [0.2, 0.25) is 10.0 Å². The number of amides is 1. The molecule has 0 saturated carbocycles. The van der Waals surface area contributed by atoms with Gasteiger partial charge in [0.05, 0.1) is 18.5 Å². The van der Waals surface area contributed by atoms with E-state index in [1.165, 1.54) is 15.9 Å². The maximum atomic E-state index is 12.4. The van der Waals surface area contributed by atoms with E-state index in [-0.39, 0.29) is 18.5 Å². The van der Waals surface area contributed by atoms with Crippen LogP contribution in [0.3, 0.4) is 0 Å². The van der Waals surface area contributed by atoms with Crippen molar-refractivity contribution < 1.29 is 13.2 Å². The SMILES string of the molecule is C=CCN(c1ccc(C(=O)N[C@@H](C)CCc2ccccc2)cc1)S(C)(=O)=O. The second-order valence-electron chi connectivity index (χ2n) is 6.53. The first-order valence-electron chi connectivity index (χ1n) is 8.84. The van der Waals surface area contributed by atoms with Crippen LogP contribution in [0.4, 0.5) is 5.69 Å². The molecule has 0 aliphatic carbocycles. The first-order valence-corrected chi connectivity index (χ1v) is 10.7. The normalized spacial score (nSPS) is 12.2. The highest BCUT2D eigenvalue weighted by molar-refractivity contribution is 7.92. The van der Waals surface area contributed by atoms with E-state index < -0.39 is 10.0 Å². The summed E-state index contributed by atoms with van der Waals surface area (Å²) < 4.78 is 25.0. The summed E-state index contributed by atoms with van der Waals surface area (Å²) in [6.07, 6.45) is 4.41. The zero-order chi connectivity index (χ0) is 19.9. The maximum absolute atomic E-state index is 12.4. The fourth-order valence-electron chi connectivity index (χ4n) is 2.74. The van der Waals surface area contributed by atoms with Crippen LogP contribution in [0, 0.1) is 0 Å². The summed E-state index contributed by atoms with van der Waals surface area (Å²) in [7, 11) is -3.40. The van der Waals surface area contributed by atoms with Crippen LogP contribution in [0.15, 0.2) is 67.3 Å². The Morgan fingerprint density at radius 1 is 1.15 bits per heavy atom. The third-order valence-electron chi connectivity index (χ3n) is 4.20. The van der Waals surface area contributed by atoms with E-state index in [1.54, 1.807) is 24.3 Å². The van der Waals surface area contributed by atoms with Crippen LogP contribution in [0.2, 0.25) is 0 Å². The zero-order valence-electron chi connectivity index (χ0n) is 15.8. The van der Waals surface area contributed by atoms with Gasteiger partial charge < -0.3 is 5.32 Å². The Bertz CT molecular complexity index is 862. The quantitative estimate of drug-likeness (QED) is 0.672. The summed E-state index contributed by atoms with van der Waals surface area (Å²) >= 11 is 0. The monoisotopic (exact) mass is 386 g/mol. The molecular formula is C21H26N2O3S. The number of hydrogen-bond acceptors (Lipinski definition) is 3. The van der Waals surface area contributed by atoms with Crippen molar-refractivity contribution in [2.45, 2.75) is 25.8 Å². The molecule has 1 N–H and O–H groups in total. The Kier molecular flexibility index (Phi) is 7.19. The van der Waals surface area contributed by atoms with E-state index in [1.807, 2.05) is 25.1 Å². The first-order chi connectivity index (χ1) is 12.8. The van der Waals surface area contributed by atoms with Crippen molar-refractivity contribution in [2.24, 2.45) is 0 Å². The molecule has 2 rings (SSSR count). The zero-order valence-corrected chi connectivity index (χ0v) is 16.6. The lowest BCUT2D eigenvalue weighted by Gasteiger charge is -2.21. The minimum absolute atomic E-state index is 0.0330. The van der Waals surface area contributed by atoms with Gasteiger partial charge in [-0.05, 0) is 49.6 Å². The van der Waals surface area contributed by atoms with Crippen LogP contribution < -0.4 is 9.62 Å². The second kappa shape index (κ2) is 9.37. The summed E-state index contributed by atoms with van der Waals surface area (Å²) in [6.45, 7) is 5.75. The molecule has 0 aliphatic rings. The summed E-state index contributed by atoms with van der Waals surface area (Å²) in [4.78, 5) is 12.4. The van der Waals surface area contributed by atoms with Gasteiger partial charge in [0, 0.05) is 11.6 Å². The number of nitrogens with one attached hydrogen (secondary N) is 1. The van der Waals surface area contributed by atoms with Gasteiger partial charge >= 0.3 is 0 Å². The Labute approximate surface area is 161 Å². The predicted octanol–water partition coefficient (Wildman–Crippen LogP) is 3.39. The van der Waals surface area contributed by atoms with Crippen LogP contribution in [0.1, 0.15) is 29.3 Å². The Morgan fingerprint density at radius 3 is 2.33 bits per heavy atom. The van der Waals surface area contributed by atoms with Crippen LogP contribution >= 0.6 is 0 Å². The lowest BCUT2D eigenvalue weighted by atomic mass is 10.1. The van der Waals surface area contributed by atoms with Gasteiger partial charge in [-0.15, -0.1) is 6.58 Å². The van der Waals surface area contributed by atoms with Gasteiger partial charge in [-0.2, -0.15) is 0 Å². The Balaban J connectivity index is 1.97. The van der Waals surface area contributed by atoms with Crippen molar-refractivity contribution in [3.63, 3.8) is 0 Å². The molecule has 6 heteroatoms. The summed E-state index contributed by atoms with van der Waals surface area (Å²) in [5.74, 6) is -0.170. The standard InChI is InChI=1S/C21H26N2O3S/c1-4-16-23(27(3,25)26)20-14-12-19(13-15-20)21(24)22-17(2)10-11-18-8-6-5-7-9-18/h4-9,12-15,17H,1,10-11,16H2,2-3H3,(H,22,24)/t17-/m0/s1. The molecule has 0 fully saturated rings. The number of nitrogens with zero attached hydrogens (tertiary/aromatic N) is 1. The molecule has 1 amide bonds. The fourth-order valence-corrected chi connectivity index (χ4v) is 3.62. The lowest BCUT2D eigenvalue weighted by Crippen LogP contribution is -2.33.